The number of hydrogen-bond acceptors (Lipinski definition) is 3. The number of amides is 1. The molecule has 2 aromatic rings. The van der Waals surface area contributed by atoms with Crippen LogP contribution < -0.4 is 4.90 Å². The molecule has 0 saturated heterocycles. The highest BCUT2D eigenvalue weighted by Crippen LogP contribution is 2.40. The zero-order valence-corrected chi connectivity index (χ0v) is 13.0. The normalized spacial score (nSPS) is 15.0. The molecule has 1 aliphatic rings. The molecule has 0 bridgehead atoms. The van der Waals surface area contributed by atoms with Crippen LogP contribution in [0.5, 0.6) is 0 Å². The first-order chi connectivity index (χ1) is 10.7. The number of allylic oxidation sites excluding steroid dienone is 1. The van der Waals surface area contributed by atoms with E-state index in [2.05, 4.69) is 0 Å². The molecular weight excluding hydrogens is 294 g/mol. The summed E-state index contributed by atoms with van der Waals surface area (Å²) in [4.78, 5) is 27.8. The van der Waals surface area contributed by atoms with E-state index in [4.69, 9.17) is 0 Å². The largest absolute Gasteiger partial charge is 0.288 e. The molecule has 0 saturated carbocycles. The van der Waals surface area contributed by atoms with Gasteiger partial charge in [-0.15, -0.1) is 0 Å². The van der Waals surface area contributed by atoms with Crippen molar-refractivity contribution >= 4 is 29.1 Å². The van der Waals surface area contributed by atoms with E-state index in [9.17, 15) is 9.59 Å². The van der Waals surface area contributed by atoms with Gasteiger partial charge in [0.25, 0.3) is 0 Å². The zero-order chi connectivity index (χ0) is 15.5. The Bertz CT molecular complexity index is 753. The quantitative estimate of drug-likeness (QED) is 0.795. The van der Waals surface area contributed by atoms with Gasteiger partial charge in [0, 0.05) is 28.8 Å². The molecule has 1 aliphatic heterocycles. The van der Waals surface area contributed by atoms with Crippen LogP contribution in [-0.2, 0) is 4.79 Å². The summed E-state index contributed by atoms with van der Waals surface area (Å²) in [7, 11) is 0. The Balaban J connectivity index is 1.98. The molecule has 2 aromatic carbocycles. The lowest BCUT2D eigenvalue weighted by atomic mass is 10.1. The van der Waals surface area contributed by atoms with E-state index in [0.29, 0.717) is 16.9 Å². The first-order valence-electron chi connectivity index (χ1n) is 7.11. The molecule has 110 valence electrons. The summed E-state index contributed by atoms with van der Waals surface area (Å²) >= 11 is 1.41. The van der Waals surface area contributed by atoms with E-state index in [1.165, 1.54) is 11.8 Å². The van der Waals surface area contributed by atoms with Crippen molar-refractivity contribution < 1.29 is 9.59 Å². The number of ketones is 1. The van der Waals surface area contributed by atoms with E-state index in [-0.39, 0.29) is 11.7 Å². The summed E-state index contributed by atoms with van der Waals surface area (Å²) in [6.45, 7) is 1.81. The molecule has 1 heterocycles. The number of carbonyl (C=O) groups excluding carboxylic acids is 2. The van der Waals surface area contributed by atoms with E-state index in [1.54, 1.807) is 11.1 Å². The molecule has 0 radical (unpaired) electrons. The number of anilines is 1. The summed E-state index contributed by atoms with van der Waals surface area (Å²) < 4.78 is 0. The maximum absolute atomic E-state index is 12.4. The van der Waals surface area contributed by atoms with Gasteiger partial charge in [-0.2, -0.15) is 0 Å². The molecule has 22 heavy (non-hydrogen) atoms. The lowest BCUT2D eigenvalue weighted by Crippen LogP contribution is -2.25. The molecule has 0 fully saturated rings. The Hall–Kier alpha value is -2.33. The van der Waals surface area contributed by atoms with Gasteiger partial charge in [0.05, 0.1) is 4.91 Å². The van der Waals surface area contributed by atoms with Crippen LogP contribution in [0.25, 0.3) is 0 Å². The van der Waals surface area contributed by atoms with Crippen LogP contribution in [0.3, 0.4) is 0 Å². The molecule has 1 amide bonds. The second-order valence-corrected chi connectivity index (χ2v) is 5.96. The highest BCUT2D eigenvalue weighted by Gasteiger charge is 2.27. The molecule has 3 rings (SSSR count). The van der Waals surface area contributed by atoms with Gasteiger partial charge in [0.2, 0.25) is 11.7 Å². The van der Waals surface area contributed by atoms with Gasteiger partial charge in [0.1, 0.15) is 0 Å². The predicted molar refractivity (Wildman–Crippen MR) is 88.9 cm³/mol. The Morgan fingerprint density at radius 1 is 1.09 bits per heavy atom. The lowest BCUT2D eigenvalue weighted by Gasteiger charge is -2.18. The standard InChI is InChI=1S/C18H15NO2S/c1-2-17(20)19(13-8-4-3-5-9-13)12-16-18(21)14-10-6-7-11-15(14)22-16/h3-12H,2H2,1H3/b16-12+. The van der Waals surface area contributed by atoms with Crippen LogP contribution in [0.15, 0.2) is 70.6 Å². The van der Waals surface area contributed by atoms with Gasteiger partial charge in [-0.1, -0.05) is 49.0 Å². The maximum atomic E-state index is 12.4. The number of Topliss-reactive ketones (excluding diaryl/α,β-unsaturated/α-hetero) is 1. The summed E-state index contributed by atoms with van der Waals surface area (Å²) in [5.41, 5.74) is 1.47. The molecular formula is C18H15NO2S. The number of para-hydroxylation sites is 1. The van der Waals surface area contributed by atoms with Crippen molar-refractivity contribution in [3.63, 3.8) is 0 Å². The van der Waals surface area contributed by atoms with Crippen LogP contribution in [0.2, 0.25) is 0 Å². The van der Waals surface area contributed by atoms with Gasteiger partial charge in [-0.05, 0) is 24.3 Å². The van der Waals surface area contributed by atoms with Crippen LogP contribution in [0.1, 0.15) is 23.7 Å². The summed E-state index contributed by atoms with van der Waals surface area (Å²) in [6.07, 6.45) is 2.04. The lowest BCUT2D eigenvalue weighted by molar-refractivity contribution is -0.117. The van der Waals surface area contributed by atoms with Crippen LogP contribution >= 0.6 is 11.8 Å². The molecule has 0 aromatic heterocycles. The van der Waals surface area contributed by atoms with E-state index < -0.39 is 0 Å². The third kappa shape index (κ3) is 2.70. The topological polar surface area (TPSA) is 37.4 Å². The molecule has 4 heteroatoms. The average Bonchev–Trinajstić information content (AvgIpc) is 2.89. The van der Waals surface area contributed by atoms with Crippen molar-refractivity contribution in [2.45, 2.75) is 18.2 Å². The smallest absolute Gasteiger partial charge is 0.230 e. The summed E-state index contributed by atoms with van der Waals surface area (Å²) in [5, 5.41) is 0. The molecule has 0 aliphatic carbocycles. The minimum atomic E-state index is -0.0388. The fourth-order valence-corrected chi connectivity index (χ4v) is 3.31. The van der Waals surface area contributed by atoms with Gasteiger partial charge in [-0.25, -0.2) is 0 Å². The van der Waals surface area contributed by atoms with E-state index in [1.807, 2.05) is 61.5 Å². The van der Waals surface area contributed by atoms with Gasteiger partial charge < -0.3 is 0 Å². The summed E-state index contributed by atoms with van der Waals surface area (Å²) in [6, 6.07) is 16.9. The van der Waals surface area contributed by atoms with Crippen molar-refractivity contribution in [2.24, 2.45) is 0 Å². The van der Waals surface area contributed by atoms with Crippen molar-refractivity contribution in [1.82, 2.24) is 0 Å². The Kier molecular flexibility index (Phi) is 4.11. The van der Waals surface area contributed by atoms with Crippen molar-refractivity contribution in [1.29, 1.82) is 0 Å². The average molecular weight is 309 g/mol. The Morgan fingerprint density at radius 2 is 1.77 bits per heavy atom. The van der Waals surface area contributed by atoms with Crippen LogP contribution in [0, 0.1) is 0 Å². The predicted octanol–water partition coefficient (Wildman–Crippen LogP) is 4.26. The number of hydrogen-bond donors (Lipinski definition) is 0. The van der Waals surface area contributed by atoms with Crippen LogP contribution in [0.4, 0.5) is 5.69 Å². The number of fused-ring (bicyclic) bond motifs is 1. The van der Waals surface area contributed by atoms with Crippen molar-refractivity contribution in [3.05, 3.63) is 71.3 Å². The second-order valence-electron chi connectivity index (χ2n) is 4.87. The number of thioether (sulfide) groups is 1. The highest BCUT2D eigenvalue weighted by atomic mass is 32.2. The zero-order valence-electron chi connectivity index (χ0n) is 12.2. The Labute approximate surface area is 133 Å². The summed E-state index contributed by atoms with van der Waals surface area (Å²) in [5.74, 6) is -0.0616. The van der Waals surface area contributed by atoms with Crippen LogP contribution in [-0.4, -0.2) is 11.7 Å². The minimum absolute atomic E-state index is 0.0227. The first-order valence-corrected chi connectivity index (χ1v) is 7.93. The second kappa shape index (κ2) is 6.20. The molecule has 0 spiro atoms. The number of benzene rings is 2. The third-order valence-corrected chi connectivity index (χ3v) is 4.51. The van der Waals surface area contributed by atoms with Gasteiger partial charge >= 0.3 is 0 Å². The van der Waals surface area contributed by atoms with Crippen molar-refractivity contribution in [3.8, 4) is 0 Å². The third-order valence-electron chi connectivity index (χ3n) is 3.43. The molecule has 3 nitrogen and oxygen atoms in total. The Morgan fingerprint density at radius 3 is 2.45 bits per heavy atom. The first kappa shape index (κ1) is 14.6. The number of carbonyl (C=O) groups is 2. The fraction of sp³-hybridized carbons (Fsp3) is 0.111. The highest BCUT2D eigenvalue weighted by molar-refractivity contribution is 8.04. The molecule has 0 unspecified atom stereocenters. The molecule has 0 N–H and O–H groups in total. The number of rotatable bonds is 3. The van der Waals surface area contributed by atoms with E-state index in [0.717, 1.165) is 10.6 Å². The van der Waals surface area contributed by atoms with Crippen molar-refractivity contribution in [2.75, 3.05) is 4.90 Å². The maximum Gasteiger partial charge on any atom is 0.230 e. The fourth-order valence-electron chi connectivity index (χ4n) is 2.29. The van der Waals surface area contributed by atoms with Gasteiger partial charge in [0.15, 0.2) is 0 Å². The minimum Gasteiger partial charge on any atom is -0.288 e. The monoisotopic (exact) mass is 309 g/mol. The van der Waals surface area contributed by atoms with E-state index >= 15 is 0 Å². The SMILES string of the molecule is CCC(=O)N(/C=C1/Sc2ccccc2C1=O)c1ccccc1. The number of nitrogens with zero attached hydrogens (tertiary/aromatic N) is 1. The van der Waals surface area contributed by atoms with Gasteiger partial charge in [-0.3, -0.25) is 14.5 Å². The molecule has 0 atom stereocenters.